The zero-order valence-corrected chi connectivity index (χ0v) is 8.69. The van der Waals surface area contributed by atoms with E-state index in [4.69, 9.17) is 14.7 Å². The highest BCUT2D eigenvalue weighted by atomic mass is 16.6. The molecule has 1 aromatic carbocycles. The van der Waals surface area contributed by atoms with E-state index in [0.29, 0.717) is 22.5 Å². The molecule has 1 aliphatic heterocycles. The number of nitrogens with zero attached hydrogens (tertiary/aromatic N) is 1. The van der Waals surface area contributed by atoms with Gasteiger partial charge in [-0.1, -0.05) is 12.1 Å². The van der Waals surface area contributed by atoms with Crippen LogP contribution >= 0.6 is 0 Å². The van der Waals surface area contributed by atoms with Crippen molar-refractivity contribution in [2.45, 2.75) is 0 Å². The molecule has 0 fully saturated rings. The van der Waals surface area contributed by atoms with Crippen molar-refractivity contribution in [3.63, 3.8) is 0 Å². The summed E-state index contributed by atoms with van der Waals surface area (Å²) in [7, 11) is 1.50. The van der Waals surface area contributed by atoms with E-state index in [1.54, 1.807) is 24.3 Å². The Kier molecular flexibility index (Phi) is 2.61. The number of carbonyl (C=O) groups excluding carboxylic acids is 1. The summed E-state index contributed by atoms with van der Waals surface area (Å²) in [5.74, 6) is 0.135. The van der Waals surface area contributed by atoms with Crippen molar-refractivity contribution in [1.29, 1.82) is 5.26 Å². The van der Waals surface area contributed by atoms with Gasteiger partial charge < -0.3 is 9.47 Å². The molecule has 16 heavy (non-hydrogen) atoms. The van der Waals surface area contributed by atoms with Crippen molar-refractivity contribution in [2.75, 3.05) is 13.7 Å². The lowest BCUT2D eigenvalue weighted by Crippen LogP contribution is -1.98. The lowest BCUT2D eigenvalue weighted by atomic mass is 10.0. The van der Waals surface area contributed by atoms with Gasteiger partial charge in [0.25, 0.3) is 0 Å². The number of rotatable bonds is 2. The van der Waals surface area contributed by atoms with Gasteiger partial charge in [-0.15, -0.1) is 0 Å². The summed E-state index contributed by atoms with van der Waals surface area (Å²) in [6, 6.07) is 8.74. The fourth-order valence-electron chi connectivity index (χ4n) is 1.54. The van der Waals surface area contributed by atoms with Gasteiger partial charge in [0, 0.05) is 0 Å². The maximum absolute atomic E-state index is 11.5. The Hall–Kier alpha value is -2.28. The van der Waals surface area contributed by atoms with E-state index < -0.39 is 0 Å². The first-order valence-corrected chi connectivity index (χ1v) is 4.71. The van der Waals surface area contributed by atoms with E-state index in [1.807, 2.05) is 6.07 Å². The predicted octanol–water partition coefficient (Wildman–Crippen LogP) is 1.47. The zero-order chi connectivity index (χ0) is 11.5. The summed E-state index contributed by atoms with van der Waals surface area (Å²) in [5, 5.41) is 8.67. The molecule has 0 saturated heterocycles. The Bertz CT molecular complexity index is 494. The number of hydrogen-bond donors (Lipinski definition) is 0. The molecule has 1 aliphatic rings. The standard InChI is InChI=1S/C12H9NO3/c1-15-10-7-16-12(14)11(10)9-4-2-8(6-13)3-5-9/h2-5H,7H2,1H3. The van der Waals surface area contributed by atoms with Gasteiger partial charge in [-0.2, -0.15) is 5.26 Å². The van der Waals surface area contributed by atoms with Crippen LogP contribution in [0.2, 0.25) is 0 Å². The molecule has 0 unspecified atom stereocenters. The van der Waals surface area contributed by atoms with Crippen LogP contribution in [0.15, 0.2) is 30.0 Å². The van der Waals surface area contributed by atoms with Crippen LogP contribution in [0.25, 0.3) is 5.57 Å². The van der Waals surface area contributed by atoms with Gasteiger partial charge in [-0.3, -0.25) is 0 Å². The smallest absolute Gasteiger partial charge is 0.342 e. The third-order valence-corrected chi connectivity index (χ3v) is 2.37. The molecule has 0 amide bonds. The van der Waals surface area contributed by atoms with Crippen molar-refractivity contribution in [3.8, 4) is 6.07 Å². The molecule has 0 saturated carbocycles. The van der Waals surface area contributed by atoms with Gasteiger partial charge >= 0.3 is 5.97 Å². The number of carbonyl (C=O) groups is 1. The first kappa shape index (κ1) is 10.2. The Labute approximate surface area is 92.7 Å². The molecule has 4 heteroatoms. The predicted molar refractivity (Wildman–Crippen MR) is 56.0 cm³/mol. The Balaban J connectivity index is 2.43. The zero-order valence-electron chi connectivity index (χ0n) is 8.69. The summed E-state index contributed by atoms with van der Waals surface area (Å²) in [5.41, 5.74) is 1.69. The number of esters is 1. The summed E-state index contributed by atoms with van der Waals surface area (Å²) in [4.78, 5) is 11.5. The number of hydrogen-bond acceptors (Lipinski definition) is 4. The second-order valence-electron chi connectivity index (χ2n) is 3.27. The second kappa shape index (κ2) is 4.07. The summed E-state index contributed by atoms with van der Waals surface area (Å²) < 4.78 is 9.95. The van der Waals surface area contributed by atoms with Gasteiger partial charge in [0.05, 0.1) is 18.7 Å². The highest BCUT2D eigenvalue weighted by Gasteiger charge is 2.26. The molecule has 0 aromatic heterocycles. The quantitative estimate of drug-likeness (QED) is 0.701. The Morgan fingerprint density at radius 3 is 2.62 bits per heavy atom. The van der Waals surface area contributed by atoms with Crippen molar-refractivity contribution >= 4 is 11.5 Å². The fourth-order valence-corrected chi connectivity index (χ4v) is 1.54. The normalized spacial score (nSPS) is 14.6. The highest BCUT2D eigenvalue weighted by Crippen LogP contribution is 2.26. The maximum Gasteiger partial charge on any atom is 0.342 e. The highest BCUT2D eigenvalue weighted by molar-refractivity contribution is 6.18. The minimum atomic E-state index is -0.387. The van der Waals surface area contributed by atoms with Gasteiger partial charge in [0.1, 0.15) is 17.9 Å². The lowest BCUT2D eigenvalue weighted by Gasteiger charge is -2.02. The van der Waals surface area contributed by atoms with Crippen LogP contribution in [0, 0.1) is 11.3 Å². The van der Waals surface area contributed by atoms with E-state index in [1.165, 1.54) is 7.11 Å². The van der Waals surface area contributed by atoms with Crippen molar-refractivity contribution in [2.24, 2.45) is 0 Å². The van der Waals surface area contributed by atoms with E-state index in [2.05, 4.69) is 0 Å². The molecule has 0 radical (unpaired) electrons. The van der Waals surface area contributed by atoms with Crippen molar-refractivity contribution in [1.82, 2.24) is 0 Å². The topological polar surface area (TPSA) is 59.3 Å². The van der Waals surface area contributed by atoms with Crippen LogP contribution < -0.4 is 0 Å². The average molecular weight is 215 g/mol. The first-order chi connectivity index (χ1) is 7.76. The molecule has 0 atom stereocenters. The molecule has 0 N–H and O–H groups in total. The number of cyclic esters (lactones) is 1. The van der Waals surface area contributed by atoms with Gasteiger partial charge in [0.15, 0.2) is 0 Å². The number of methoxy groups -OCH3 is 1. The monoisotopic (exact) mass is 215 g/mol. The molecule has 4 nitrogen and oxygen atoms in total. The van der Waals surface area contributed by atoms with Crippen molar-refractivity contribution < 1.29 is 14.3 Å². The lowest BCUT2D eigenvalue weighted by molar-refractivity contribution is -0.134. The van der Waals surface area contributed by atoms with Crippen LogP contribution in [-0.2, 0) is 14.3 Å². The molecular weight excluding hydrogens is 206 g/mol. The van der Waals surface area contributed by atoms with E-state index >= 15 is 0 Å². The number of nitriles is 1. The molecule has 0 aliphatic carbocycles. The van der Waals surface area contributed by atoms with Gasteiger partial charge in [-0.25, -0.2) is 4.79 Å². The minimum absolute atomic E-state index is 0.171. The molecule has 0 bridgehead atoms. The molecule has 2 rings (SSSR count). The van der Waals surface area contributed by atoms with E-state index in [9.17, 15) is 4.79 Å². The van der Waals surface area contributed by atoms with Gasteiger partial charge in [-0.05, 0) is 17.7 Å². The number of ether oxygens (including phenoxy) is 2. The second-order valence-corrected chi connectivity index (χ2v) is 3.27. The van der Waals surface area contributed by atoms with E-state index in [-0.39, 0.29) is 12.6 Å². The summed E-state index contributed by atoms with van der Waals surface area (Å²) >= 11 is 0. The molecule has 0 spiro atoms. The third-order valence-electron chi connectivity index (χ3n) is 2.37. The molecule has 80 valence electrons. The Morgan fingerprint density at radius 2 is 2.06 bits per heavy atom. The molecular formula is C12H9NO3. The first-order valence-electron chi connectivity index (χ1n) is 4.71. The van der Waals surface area contributed by atoms with Gasteiger partial charge in [0.2, 0.25) is 0 Å². The van der Waals surface area contributed by atoms with Crippen molar-refractivity contribution in [3.05, 3.63) is 41.2 Å². The third kappa shape index (κ3) is 1.63. The fraction of sp³-hybridized carbons (Fsp3) is 0.167. The van der Waals surface area contributed by atoms with Crippen LogP contribution in [0.3, 0.4) is 0 Å². The van der Waals surface area contributed by atoms with Crippen LogP contribution in [0.4, 0.5) is 0 Å². The molecule has 1 aromatic rings. The minimum Gasteiger partial charge on any atom is -0.497 e. The maximum atomic E-state index is 11.5. The number of benzene rings is 1. The van der Waals surface area contributed by atoms with Crippen LogP contribution in [0.1, 0.15) is 11.1 Å². The van der Waals surface area contributed by atoms with Crippen LogP contribution in [-0.4, -0.2) is 19.7 Å². The summed E-state index contributed by atoms with van der Waals surface area (Å²) in [6.45, 7) is 0.171. The van der Waals surface area contributed by atoms with Crippen LogP contribution in [0.5, 0.6) is 0 Å². The largest absolute Gasteiger partial charge is 0.497 e. The Morgan fingerprint density at radius 1 is 1.38 bits per heavy atom. The van der Waals surface area contributed by atoms with E-state index in [0.717, 1.165) is 0 Å². The molecule has 1 heterocycles. The SMILES string of the molecule is COC1=C(c2ccc(C#N)cc2)C(=O)OC1. The average Bonchev–Trinajstić information content (AvgIpc) is 2.70. The summed E-state index contributed by atoms with van der Waals surface area (Å²) in [6.07, 6.45) is 0.